The van der Waals surface area contributed by atoms with Gasteiger partial charge in [0.25, 0.3) is 0 Å². The fourth-order valence-electron chi connectivity index (χ4n) is 2.17. The summed E-state index contributed by atoms with van der Waals surface area (Å²) in [6, 6.07) is 9.57. The van der Waals surface area contributed by atoms with E-state index in [9.17, 15) is 9.59 Å². The van der Waals surface area contributed by atoms with Crippen LogP contribution in [0.3, 0.4) is 0 Å². The third-order valence-electron chi connectivity index (χ3n) is 3.24. The Morgan fingerprint density at radius 2 is 1.92 bits per heavy atom. The summed E-state index contributed by atoms with van der Waals surface area (Å²) < 4.78 is 6.87. The number of hydrogen-bond donors (Lipinski definition) is 2. The molecular formula is C18H24N4O3. The first-order valence-corrected chi connectivity index (χ1v) is 8.16. The summed E-state index contributed by atoms with van der Waals surface area (Å²) in [5.74, 6) is -0.147. The Balaban J connectivity index is 1.79. The number of benzene rings is 1. The van der Waals surface area contributed by atoms with Crippen LogP contribution in [0.5, 0.6) is 0 Å². The predicted octanol–water partition coefficient (Wildman–Crippen LogP) is 2.40. The minimum Gasteiger partial charge on any atom is -0.444 e. The van der Waals surface area contributed by atoms with Gasteiger partial charge in [-0.1, -0.05) is 18.2 Å². The molecule has 1 aromatic carbocycles. The van der Waals surface area contributed by atoms with Gasteiger partial charge in [-0.15, -0.1) is 0 Å². The number of rotatable bonds is 6. The van der Waals surface area contributed by atoms with E-state index in [2.05, 4.69) is 15.7 Å². The average molecular weight is 344 g/mol. The molecule has 0 radical (unpaired) electrons. The van der Waals surface area contributed by atoms with Crippen LogP contribution in [0.1, 0.15) is 32.8 Å². The number of para-hydroxylation sites is 1. The zero-order valence-electron chi connectivity index (χ0n) is 14.8. The van der Waals surface area contributed by atoms with Crippen LogP contribution in [0.15, 0.2) is 42.7 Å². The van der Waals surface area contributed by atoms with E-state index in [0.717, 1.165) is 11.3 Å². The van der Waals surface area contributed by atoms with Gasteiger partial charge < -0.3 is 15.4 Å². The number of aromatic nitrogens is 2. The first kappa shape index (κ1) is 18.5. The molecule has 0 saturated heterocycles. The van der Waals surface area contributed by atoms with Crippen molar-refractivity contribution < 1.29 is 14.3 Å². The Morgan fingerprint density at radius 3 is 2.60 bits per heavy atom. The lowest BCUT2D eigenvalue weighted by Gasteiger charge is -2.19. The summed E-state index contributed by atoms with van der Waals surface area (Å²) in [4.78, 5) is 23.5. The highest BCUT2D eigenvalue weighted by Gasteiger charge is 2.15. The molecule has 0 aliphatic heterocycles. The summed E-state index contributed by atoms with van der Waals surface area (Å²) in [5, 5.41) is 9.63. The highest BCUT2D eigenvalue weighted by molar-refractivity contribution is 5.77. The van der Waals surface area contributed by atoms with E-state index in [1.54, 1.807) is 31.6 Å². The standard InChI is InChI=1S/C18H24N4O3/c1-18(2,3)25-17(24)19-11-9-16(23)20-13-14-7-4-5-8-15(14)22-12-6-10-21-22/h4-8,10,12H,9,11,13H2,1-3H3,(H,19,24)(H,20,23). The van der Waals surface area contributed by atoms with Crippen LogP contribution < -0.4 is 10.6 Å². The zero-order chi connectivity index (χ0) is 18.3. The van der Waals surface area contributed by atoms with Gasteiger partial charge in [-0.25, -0.2) is 9.48 Å². The quantitative estimate of drug-likeness (QED) is 0.843. The van der Waals surface area contributed by atoms with Crippen molar-refractivity contribution in [1.82, 2.24) is 20.4 Å². The van der Waals surface area contributed by atoms with Crippen molar-refractivity contribution in [2.24, 2.45) is 0 Å². The van der Waals surface area contributed by atoms with Gasteiger partial charge in [0.05, 0.1) is 5.69 Å². The molecule has 7 nitrogen and oxygen atoms in total. The summed E-state index contributed by atoms with van der Waals surface area (Å²) in [5.41, 5.74) is 1.32. The second-order valence-electron chi connectivity index (χ2n) is 6.53. The molecule has 0 aliphatic carbocycles. The van der Waals surface area contributed by atoms with Crippen LogP contribution in [-0.4, -0.2) is 33.9 Å². The van der Waals surface area contributed by atoms with E-state index >= 15 is 0 Å². The van der Waals surface area contributed by atoms with Gasteiger partial charge in [-0.3, -0.25) is 4.79 Å². The summed E-state index contributed by atoms with van der Waals surface area (Å²) >= 11 is 0. The number of nitrogens with one attached hydrogen (secondary N) is 2. The van der Waals surface area contributed by atoms with Crippen molar-refractivity contribution in [3.05, 3.63) is 48.3 Å². The molecule has 0 bridgehead atoms. The molecule has 2 rings (SSSR count). The average Bonchev–Trinajstić information content (AvgIpc) is 3.05. The Hall–Kier alpha value is -2.83. The molecule has 1 aromatic heterocycles. The molecule has 0 fully saturated rings. The molecule has 25 heavy (non-hydrogen) atoms. The van der Waals surface area contributed by atoms with E-state index in [0.29, 0.717) is 6.54 Å². The molecule has 0 unspecified atom stereocenters. The van der Waals surface area contributed by atoms with Gasteiger partial charge in [0.15, 0.2) is 0 Å². The van der Waals surface area contributed by atoms with E-state index in [1.807, 2.05) is 36.5 Å². The number of hydrogen-bond acceptors (Lipinski definition) is 4. The monoisotopic (exact) mass is 344 g/mol. The Kier molecular flexibility index (Phi) is 6.16. The topological polar surface area (TPSA) is 85.2 Å². The first-order valence-electron chi connectivity index (χ1n) is 8.16. The molecule has 0 atom stereocenters. The number of carbonyl (C=O) groups is 2. The van der Waals surface area contributed by atoms with Crippen LogP contribution in [0.2, 0.25) is 0 Å². The van der Waals surface area contributed by atoms with Gasteiger partial charge in [0, 0.05) is 31.9 Å². The second kappa shape index (κ2) is 8.32. The maximum absolute atomic E-state index is 12.0. The third kappa shape index (κ3) is 6.29. The highest BCUT2D eigenvalue weighted by Crippen LogP contribution is 2.13. The lowest BCUT2D eigenvalue weighted by molar-refractivity contribution is -0.121. The first-order chi connectivity index (χ1) is 11.8. The van der Waals surface area contributed by atoms with Crippen molar-refractivity contribution in [3.63, 3.8) is 0 Å². The van der Waals surface area contributed by atoms with Crippen LogP contribution in [0, 0.1) is 0 Å². The van der Waals surface area contributed by atoms with Crippen molar-refractivity contribution >= 4 is 12.0 Å². The number of ether oxygens (including phenoxy) is 1. The summed E-state index contributed by atoms with van der Waals surface area (Å²) in [6.45, 7) is 5.98. The summed E-state index contributed by atoms with van der Waals surface area (Å²) in [6.07, 6.45) is 3.22. The van der Waals surface area contributed by atoms with Crippen molar-refractivity contribution in [1.29, 1.82) is 0 Å². The van der Waals surface area contributed by atoms with Gasteiger partial charge in [-0.05, 0) is 38.5 Å². The molecule has 2 amide bonds. The molecule has 0 spiro atoms. The maximum Gasteiger partial charge on any atom is 0.407 e. The SMILES string of the molecule is CC(C)(C)OC(=O)NCCC(=O)NCc1ccccc1-n1cccn1. The number of amides is 2. The van der Waals surface area contributed by atoms with E-state index < -0.39 is 11.7 Å². The van der Waals surface area contributed by atoms with Gasteiger partial charge in [0.2, 0.25) is 5.91 Å². The lowest BCUT2D eigenvalue weighted by atomic mass is 10.1. The van der Waals surface area contributed by atoms with E-state index in [4.69, 9.17) is 4.74 Å². The minimum absolute atomic E-state index is 0.147. The van der Waals surface area contributed by atoms with Gasteiger partial charge in [0.1, 0.15) is 5.60 Å². The number of alkyl carbamates (subject to hydrolysis) is 1. The number of carbonyl (C=O) groups excluding carboxylic acids is 2. The lowest BCUT2D eigenvalue weighted by Crippen LogP contribution is -2.35. The molecule has 2 N–H and O–H groups in total. The molecule has 2 aromatic rings. The van der Waals surface area contributed by atoms with Crippen LogP contribution in [-0.2, 0) is 16.1 Å². The van der Waals surface area contributed by atoms with Crippen LogP contribution in [0.4, 0.5) is 4.79 Å². The van der Waals surface area contributed by atoms with Crippen molar-refractivity contribution in [3.8, 4) is 5.69 Å². The van der Waals surface area contributed by atoms with Gasteiger partial charge >= 0.3 is 6.09 Å². The number of nitrogens with zero attached hydrogens (tertiary/aromatic N) is 2. The van der Waals surface area contributed by atoms with E-state index in [-0.39, 0.29) is 18.9 Å². The van der Waals surface area contributed by atoms with Gasteiger partial charge in [-0.2, -0.15) is 5.10 Å². The van der Waals surface area contributed by atoms with Crippen molar-refractivity contribution in [2.45, 2.75) is 39.3 Å². The molecule has 1 heterocycles. The molecule has 7 heteroatoms. The normalized spacial score (nSPS) is 11.0. The van der Waals surface area contributed by atoms with Crippen LogP contribution in [0.25, 0.3) is 5.69 Å². The third-order valence-corrected chi connectivity index (χ3v) is 3.24. The Bertz CT molecular complexity index is 705. The molecular weight excluding hydrogens is 320 g/mol. The van der Waals surface area contributed by atoms with Crippen LogP contribution >= 0.6 is 0 Å². The highest BCUT2D eigenvalue weighted by atomic mass is 16.6. The second-order valence-corrected chi connectivity index (χ2v) is 6.53. The molecule has 134 valence electrons. The largest absolute Gasteiger partial charge is 0.444 e. The fourth-order valence-corrected chi connectivity index (χ4v) is 2.17. The smallest absolute Gasteiger partial charge is 0.407 e. The minimum atomic E-state index is -0.553. The Labute approximate surface area is 147 Å². The van der Waals surface area contributed by atoms with E-state index in [1.165, 1.54) is 0 Å². The maximum atomic E-state index is 12.0. The zero-order valence-corrected chi connectivity index (χ0v) is 14.8. The Morgan fingerprint density at radius 1 is 1.16 bits per heavy atom. The summed E-state index contributed by atoms with van der Waals surface area (Å²) in [7, 11) is 0. The fraction of sp³-hybridized carbons (Fsp3) is 0.389. The predicted molar refractivity (Wildman–Crippen MR) is 94.3 cm³/mol. The van der Waals surface area contributed by atoms with Crippen molar-refractivity contribution in [2.75, 3.05) is 6.54 Å². The molecule has 0 aliphatic rings. The molecule has 0 saturated carbocycles.